The third kappa shape index (κ3) is 3.07. The molecule has 5 nitrogen and oxygen atoms in total. The van der Waals surface area contributed by atoms with Crippen molar-refractivity contribution >= 4 is 32.9 Å². The lowest BCUT2D eigenvalue weighted by molar-refractivity contribution is -0.382. The van der Waals surface area contributed by atoms with Crippen LogP contribution in [0.25, 0.3) is 10.2 Å². The molecule has 2 unspecified atom stereocenters. The summed E-state index contributed by atoms with van der Waals surface area (Å²) < 4.78 is 0.844. The van der Waals surface area contributed by atoms with Crippen molar-refractivity contribution in [3.8, 4) is 0 Å². The third-order valence-electron chi connectivity index (χ3n) is 3.51. The summed E-state index contributed by atoms with van der Waals surface area (Å²) in [4.78, 5) is 15.1. The van der Waals surface area contributed by atoms with Gasteiger partial charge in [0.2, 0.25) is 0 Å². The fourth-order valence-corrected chi connectivity index (χ4v) is 2.99. The summed E-state index contributed by atoms with van der Waals surface area (Å²) in [5.74, 6) is 0.597. The van der Waals surface area contributed by atoms with E-state index in [-0.39, 0.29) is 16.7 Å². The number of hydrogen-bond donors (Lipinski definition) is 1. The molecule has 1 N–H and O–H groups in total. The first kappa shape index (κ1) is 14.7. The molecule has 0 aliphatic carbocycles. The van der Waals surface area contributed by atoms with E-state index in [0.717, 1.165) is 17.5 Å². The van der Waals surface area contributed by atoms with Crippen LogP contribution in [0.3, 0.4) is 0 Å². The number of aromatic nitrogens is 1. The van der Waals surface area contributed by atoms with Gasteiger partial charge >= 0.3 is 5.69 Å². The van der Waals surface area contributed by atoms with Crippen LogP contribution in [0.5, 0.6) is 0 Å². The summed E-state index contributed by atoms with van der Waals surface area (Å²) in [6, 6.07) is 3.86. The van der Waals surface area contributed by atoms with Gasteiger partial charge in [0.25, 0.3) is 0 Å². The minimum Gasteiger partial charge on any atom is -0.377 e. The van der Waals surface area contributed by atoms with Gasteiger partial charge in [-0.1, -0.05) is 20.3 Å². The largest absolute Gasteiger partial charge is 0.377 e. The van der Waals surface area contributed by atoms with E-state index in [2.05, 4.69) is 31.1 Å². The van der Waals surface area contributed by atoms with Crippen LogP contribution in [-0.4, -0.2) is 15.9 Å². The first-order valence-electron chi connectivity index (χ1n) is 6.80. The van der Waals surface area contributed by atoms with Crippen LogP contribution in [0.2, 0.25) is 0 Å². The Morgan fingerprint density at radius 1 is 1.45 bits per heavy atom. The van der Waals surface area contributed by atoms with Crippen molar-refractivity contribution in [2.75, 3.05) is 5.32 Å². The Bertz CT molecular complexity index is 611. The van der Waals surface area contributed by atoms with E-state index < -0.39 is 0 Å². The average molecular weight is 293 g/mol. The first-order valence-corrected chi connectivity index (χ1v) is 7.68. The molecule has 20 heavy (non-hydrogen) atoms. The molecule has 2 rings (SSSR count). The van der Waals surface area contributed by atoms with Crippen LogP contribution < -0.4 is 5.32 Å². The summed E-state index contributed by atoms with van der Waals surface area (Å²) in [5, 5.41) is 14.6. The molecule has 0 saturated carbocycles. The predicted molar refractivity (Wildman–Crippen MR) is 83.4 cm³/mol. The van der Waals surface area contributed by atoms with Crippen molar-refractivity contribution in [1.29, 1.82) is 0 Å². The quantitative estimate of drug-likeness (QED) is 0.631. The number of benzene rings is 1. The molecule has 0 amide bonds. The van der Waals surface area contributed by atoms with Crippen LogP contribution in [0, 0.1) is 16.0 Å². The Balaban J connectivity index is 2.29. The molecule has 0 fully saturated rings. The van der Waals surface area contributed by atoms with Gasteiger partial charge in [-0.25, -0.2) is 4.98 Å². The molecule has 108 valence electrons. The Morgan fingerprint density at radius 2 is 2.20 bits per heavy atom. The number of hydrogen-bond acceptors (Lipinski definition) is 5. The molecular formula is C14H19N3O2S. The Hall–Kier alpha value is -1.69. The second kappa shape index (κ2) is 6.17. The number of nitrogens with zero attached hydrogens (tertiary/aromatic N) is 2. The molecular weight excluding hydrogens is 274 g/mol. The van der Waals surface area contributed by atoms with E-state index in [1.807, 2.05) is 6.07 Å². The highest BCUT2D eigenvalue weighted by atomic mass is 32.1. The van der Waals surface area contributed by atoms with Crippen LogP contribution in [-0.2, 0) is 0 Å². The third-order valence-corrected chi connectivity index (χ3v) is 4.31. The van der Waals surface area contributed by atoms with Crippen molar-refractivity contribution in [1.82, 2.24) is 4.98 Å². The van der Waals surface area contributed by atoms with Gasteiger partial charge < -0.3 is 5.32 Å². The Morgan fingerprint density at radius 3 is 2.85 bits per heavy atom. The predicted octanol–water partition coefficient (Wildman–Crippen LogP) is 4.44. The van der Waals surface area contributed by atoms with E-state index in [4.69, 9.17) is 0 Å². The molecule has 0 aliphatic rings. The number of nitro benzene ring substituents is 1. The van der Waals surface area contributed by atoms with E-state index in [0.29, 0.717) is 17.1 Å². The SMILES string of the molecule is CCC(C)CC(C)Nc1ccc2scnc2c1[N+](=O)[O-]. The van der Waals surface area contributed by atoms with Gasteiger partial charge in [-0.2, -0.15) is 0 Å². The standard InChI is InChI=1S/C14H19N3O2S/c1-4-9(2)7-10(3)16-11-5-6-12-13(15-8-20-12)14(11)17(18)19/h5-6,8-10,16H,4,7H2,1-3H3. The molecule has 2 aromatic rings. The maximum absolute atomic E-state index is 11.3. The number of nitrogens with one attached hydrogen (secondary N) is 1. The molecule has 0 radical (unpaired) electrons. The van der Waals surface area contributed by atoms with Gasteiger partial charge in [0.05, 0.1) is 15.1 Å². The summed E-state index contributed by atoms with van der Waals surface area (Å²) in [6.07, 6.45) is 2.10. The zero-order valence-electron chi connectivity index (χ0n) is 11.9. The Kier molecular flexibility index (Phi) is 4.54. The lowest BCUT2D eigenvalue weighted by atomic mass is 10.00. The van der Waals surface area contributed by atoms with E-state index >= 15 is 0 Å². The van der Waals surface area contributed by atoms with Crippen molar-refractivity contribution in [2.24, 2.45) is 5.92 Å². The lowest BCUT2D eigenvalue weighted by Gasteiger charge is -2.18. The van der Waals surface area contributed by atoms with Gasteiger partial charge in [-0.05, 0) is 31.4 Å². The summed E-state index contributed by atoms with van der Waals surface area (Å²) in [5.41, 5.74) is 2.76. The molecule has 6 heteroatoms. The highest BCUT2D eigenvalue weighted by Gasteiger charge is 2.21. The molecule has 1 aromatic heterocycles. The average Bonchev–Trinajstić information content (AvgIpc) is 2.85. The minimum atomic E-state index is -0.347. The highest BCUT2D eigenvalue weighted by Crippen LogP contribution is 2.35. The smallest absolute Gasteiger partial charge is 0.319 e. The highest BCUT2D eigenvalue weighted by molar-refractivity contribution is 7.16. The number of anilines is 1. The van der Waals surface area contributed by atoms with E-state index in [1.165, 1.54) is 11.3 Å². The summed E-state index contributed by atoms with van der Waals surface area (Å²) >= 11 is 1.42. The zero-order valence-corrected chi connectivity index (χ0v) is 12.7. The second-order valence-electron chi connectivity index (χ2n) is 5.21. The van der Waals surface area contributed by atoms with Crippen molar-refractivity contribution < 1.29 is 4.92 Å². The summed E-state index contributed by atoms with van der Waals surface area (Å²) in [6.45, 7) is 6.40. The number of rotatable bonds is 6. The molecule has 1 heterocycles. The topological polar surface area (TPSA) is 68.1 Å². The lowest BCUT2D eigenvalue weighted by Crippen LogP contribution is -2.19. The zero-order chi connectivity index (χ0) is 14.7. The van der Waals surface area contributed by atoms with Crippen molar-refractivity contribution in [3.05, 3.63) is 27.8 Å². The van der Waals surface area contributed by atoms with Crippen LogP contribution in [0.15, 0.2) is 17.6 Å². The fraction of sp³-hybridized carbons (Fsp3) is 0.500. The molecule has 0 saturated heterocycles. The normalized spacial score (nSPS) is 14.2. The van der Waals surface area contributed by atoms with Crippen LogP contribution in [0.4, 0.5) is 11.4 Å². The number of fused-ring (bicyclic) bond motifs is 1. The summed E-state index contributed by atoms with van der Waals surface area (Å²) in [7, 11) is 0. The fourth-order valence-electron chi connectivity index (χ4n) is 2.31. The second-order valence-corrected chi connectivity index (χ2v) is 6.10. The number of nitro groups is 1. The molecule has 1 aromatic carbocycles. The van der Waals surface area contributed by atoms with Gasteiger partial charge in [0, 0.05) is 6.04 Å². The minimum absolute atomic E-state index is 0.0831. The monoisotopic (exact) mass is 293 g/mol. The molecule has 0 bridgehead atoms. The van der Waals surface area contributed by atoms with Crippen LogP contribution in [0.1, 0.15) is 33.6 Å². The van der Waals surface area contributed by atoms with Gasteiger partial charge in [0.1, 0.15) is 5.69 Å². The molecule has 2 atom stereocenters. The van der Waals surface area contributed by atoms with Crippen molar-refractivity contribution in [2.45, 2.75) is 39.7 Å². The maximum Gasteiger partial charge on any atom is 0.319 e. The molecule has 0 spiro atoms. The van der Waals surface area contributed by atoms with E-state index in [9.17, 15) is 10.1 Å². The van der Waals surface area contributed by atoms with E-state index in [1.54, 1.807) is 11.6 Å². The van der Waals surface area contributed by atoms with Gasteiger partial charge in [0.15, 0.2) is 5.52 Å². The van der Waals surface area contributed by atoms with Crippen molar-refractivity contribution in [3.63, 3.8) is 0 Å². The van der Waals surface area contributed by atoms with Crippen LogP contribution >= 0.6 is 11.3 Å². The molecule has 0 aliphatic heterocycles. The van der Waals surface area contributed by atoms with Gasteiger partial charge in [-0.3, -0.25) is 10.1 Å². The first-order chi connectivity index (χ1) is 9.52. The Labute approximate surface area is 122 Å². The maximum atomic E-state index is 11.3. The van der Waals surface area contributed by atoms with Gasteiger partial charge in [-0.15, -0.1) is 11.3 Å². The number of thiazole rings is 1.